The maximum Gasteiger partial charge on any atom is 0.404 e. The van der Waals surface area contributed by atoms with Crippen molar-refractivity contribution in [1.82, 2.24) is 5.32 Å². The fraction of sp³-hybridized carbons (Fsp3) is 0.667. The van der Waals surface area contributed by atoms with Crippen LogP contribution in [-0.4, -0.2) is 23.0 Å². The number of carbonyl (C=O) groups is 2. The Labute approximate surface area is 58.2 Å². The van der Waals surface area contributed by atoms with Crippen molar-refractivity contribution < 1.29 is 14.7 Å². The molecule has 0 heterocycles. The van der Waals surface area contributed by atoms with Gasteiger partial charge in [0.15, 0.2) is 0 Å². The fourth-order valence-electron chi connectivity index (χ4n) is 1.11. The van der Waals surface area contributed by atoms with Crippen LogP contribution in [0.4, 0.5) is 4.79 Å². The van der Waals surface area contributed by atoms with Crippen molar-refractivity contribution in [2.24, 2.45) is 0 Å². The standard InChI is InChI=1S/C6H9NO3/c8-5-2-1-4(3-5)7-6(9)10/h4,7H,1-3H2,(H,9,10)/t4-/m1/s1. The molecule has 0 aromatic carbocycles. The highest BCUT2D eigenvalue weighted by Crippen LogP contribution is 2.13. The number of amides is 1. The van der Waals surface area contributed by atoms with Gasteiger partial charge in [-0.1, -0.05) is 0 Å². The van der Waals surface area contributed by atoms with Gasteiger partial charge in [-0.3, -0.25) is 4.79 Å². The number of carboxylic acid groups (broad SMARTS) is 1. The molecule has 0 aromatic heterocycles. The summed E-state index contributed by atoms with van der Waals surface area (Å²) in [5.74, 6) is 0.152. The van der Waals surface area contributed by atoms with Gasteiger partial charge in [0.25, 0.3) is 0 Å². The summed E-state index contributed by atoms with van der Waals surface area (Å²) in [7, 11) is 0. The monoisotopic (exact) mass is 143 g/mol. The molecule has 0 radical (unpaired) electrons. The van der Waals surface area contributed by atoms with E-state index in [-0.39, 0.29) is 11.8 Å². The van der Waals surface area contributed by atoms with Crippen molar-refractivity contribution in [2.45, 2.75) is 25.3 Å². The van der Waals surface area contributed by atoms with Gasteiger partial charge in [-0.25, -0.2) is 4.79 Å². The number of carbonyl (C=O) groups excluding carboxylic acids is 1. The Morgan fingerprint density at radius 1 is 1.70 bits per heavy atom. The lowest BCUT2D eigenvalue weighted by molar-refractivity contribution is -0.117. The summed E-state index contributed by atoms with van der Waals surface area (Å²) in [4.78, 5) is 20.6. The first-order valence-corrected chi connectivity index (χ1v) is 3.19. The second kappa shape index (κ2) is 2.68. The van der Waals surface area contributed by atoms with E-state index in [1.54, 1.807) is 0 Å². The summed E-state index contributed by atoms with van der Waals surface area (Å²) in [5.41, 5.74) is 0. The second-order valence-electron chi connectivity index (χ2n) is 2.43. The number of nitrogens with one attached hydrogen (secondary N) is 1. The molecule has 10 heavy (non-hydrogen) atoms. The van der Waals surface area contributed by atoms with Crippen LogP contribution in [0.3, 0.4) is 0 Å². The van der Waals surface area contributed by atoms with Crippen molar-refractivity contribution in [1.29, 1.82) is 0 Å². The zero-order valence-corrected chi connectivity index (χ0v) is 5.46. The highest BCUT2D eigenvalue weighted by molar-refractivity contribution is 5.82. The van der Waals surface area contributed by atoms with Crippen molar-refractivity contribution in [3.8, 4) is 0 Å². The molecule has 1 amide bonds. The molecule has 4 heteroatoms. The highest BCUT2D eigenvalue weighted by Gasteiger charge is 2.22. The minimum atomic E-state index is -1.04. The van der Waals surface area contributed by atoms with Crippen LogP contribution in [0.2, 0.25) is 0 Å². The van der Waals surface area contributed by atoms with Crippen LogP contribution in [-0.2, 0) is 4.79 Å². The molecule has 1 atom stereocenters. The van der Waals surface area contributed by atoms with Crippen LogP contribution in [0.15, 0.2) is 0 Å². The quantitative estimate of drug-likeness (QED) is 0.557. The van der Waals surface area contributed by atoms with Gasteiger partial charge in [0.2, 0.25) is 0 Å². The average molecular weight is 143 g/mol. The van der Waals surface area contributed by atoms with Crippen LogP contribution >= 0.6 is 0 Å². The first kappa shape index (κ1) is 7.05. The summed E-state index contributed by atoms with van der Waals surface area (Å²) in [6, 6.07) is -0.134. The summed E-state index contributed by atoms with van der Waals surface area (Å²) >= 11 is 0. The molecule has 0 spiro atoms. The molecule has 4 nitrogen and oxygen atoms in total. The Balaban J connectivity index is 2.31. The molecule has 1 aliphatic rings. The van der Waals surface area contributed by atoms with E-state index in [2.05, 4.69) is 5.32 Å². The number of hydrogen-bond donors (Lipinski definition) is 2. The molecule has 1 saturated carbocycles. The summed E-state index contributed by atoms with van der Waals surface area (Å²) in [6.07, 6.45) is 0.502. The average Bonchev–Trinajstić information content (AvgIpc) is 2.13. The molecule has 0 unspecified atom stereocenters. The van der Waals surface area contributed by atoms with Gasteiger partial charge in [-0.05, 0) is 6.42 Å². The van der Waals surface area contributed by atoms with Gasteiger partial charge in [0, 0.05) is 18.9 Å². The third-order valence-corrected chi connectivity index (χ3v) is 1.57. The number of ketones is 1. The SMILES string of the molecule is O=C1CC[C@@H](NC(=O)O)C1. The summed E-state index contributed by atoms with van der Waals surface area (Å²) < 4.78 is 0. The van der Waals surface area contributed by atoms with Crippen LogP contribution in [0.25, 0.3) is 0 Å². The third-order valence-electron chi connectivity index (χ3n) is 1.57. The zero-order valence-electron chi connectivity index (χ0n) is 5.46. The lowest BCUT2D eigenvalue weighted by Gasteiger charge is -2.05. The van der Waals surface area contributed by atoms with Gasteiger partial charge >= 0.3 is 6.09 Å². The van der Waals surface area contributed by atoms with E-state index in [1.165, 1.54) is 0 Å². The molecule has 1 fully saturated rings. The molecule has 0 saturated heterocycles. The minimum Gasteiger partial charge on any atom is -0.465 e. The molecule has 1 aliphatic carbocycles. The van der Waals surface area contributed by atoms with E-state index in [0.29, 0.717) is 19.3 Å². The highest BCUT2D eigenvalue weighted by atomic mass is 16.4. The fourth-order valence-corrected chi connectivity index (χ4v) is 1.11. The van der Waals surface area contributed by atoms with Crippen molar-refractivity contribution >= 4 is 11.9 Å². The molecular weight excluding hydrogens is 134 g/mol. The number of Topliss-reactive ketones (excluding diaryl/α,β-unsaturated/α-hetero) is 1. The zero-order chi connectivity index (χ0) is 7.56. The number of rotatable bonds is 1. The normalized spacial score (nSPS) is 24.8. The van der Waals surface area contributed by atoms with E-state index in [9.17, 15) is 9.59 Å². The Hall–Kier alpha value is -1.06. The Morgan fingerprint density at radius 3 is 2.80 bits per heavy atom. The largest absolute Gasteiger partial charge is 0.465 e. The smallest absolute Gasteiger partial charge is 0.404 e. The first-order valence-electron chi connectivity index (χ1n) is 3.19. The Kier molecular flexibility index (Phi) is 1.89. The summed E-state index contributed by atoms with van der Waals surface area (Å²) in [5, 5.41) is 10.5. The molecule has 0 bridgehead atoms. The van der Waals surface area contributed by atoms with Crippen LogP contribution in [0.5, 0.6) is 0 Å². The van der Waals surface area contributed by atoms with Crippen LogP contribution in [0.1, 0.15) is 19.3 Å². The van der Waals surface area contributed by atoms with Gasteiger partial charge in [-0.2, -0.15) is 0 Å². The van der Waals surface area contributed by atoms with Gasteiger partial charge in [0.1, 0.15) is 5.78 Å². The predicted octanol–water partition coefficient (Wildman–Crippen LogP) is 0.376. The van der Waals surface area contributed by atoms with E-state index in [1.807, 2.05) is 0 Å². The van der Waals surface area contributed by atoms with Gasteiger partial charge in [-0.15, -0.1) is 0 Å². The van der Waals surface area contributed by atoms with E-state index >= 15 is 0 Å². The molecular formula is C6H9NO3. The van der Waals surface area contributed by atoms with Crippen molar-refractivity contribution in [2.75, 3.05) is 0 Å². The van der Waals surface area contributed by atoms with Crippen LogP contribution < -0.4 is 5.32 Å². The molecule has 0 aliphatic heterocycles. The van der Waals surface area contributed by atoms with Gasteiger partial charge in [0.05, 0.1) is 0 Å². The van der Waals surface area contributed by atoms with E-state index in [0.717, 1.165) is 0 Å². The van der Waals surface area contributed by atoms with Crippen LogP contribution in [0, 0.1) is 0 Å². The topological polar surface area (TPSA) is 66.4 Å². The van der Waals surface area contributed by atoms with E-state index in [4.69, 9.17) is 5.11 Å². The molecule has 0 aromatic rings. The molecule has 56 valence electrons. The Bertz CT molecular complexity index is 166. The maximum atomic E-state index is 10.6. The van der Waals surface area contributed by atoms with Crippen molar-refractivity contribution in [3.05, 3.63) is 0 Å². The Morgan fingerprint density at radius 2 is 2.40 bits per heavy atom. The number of hydrogen-bond acceptors (Lipinski definition) is 2. The van der Waals surface area contributed by atoms with Crippen molar-refractivity contribution in [3.63, 3.8) is 0 Å². The van der Waals surface area contributed by atoms with Gasteiger partial charge < -0.3 is 10.4 Å². The lowest BCUT2D eigenvalue weighted by atomic mass is 10.3. The predicted molar refractivity (Wildman–Crippen MR) is 33.8 cm³/mol. The molecule has 1 rings (SSSR count). The molecule has 2 N–H and O–H groups in total. The first-order chi connectivity index (χ1) is 4.68. The lowest BCUT2D eigenvalue weighted by Crippen LogP contribution is -2.31. The van der Waals surface area contributed by atoms with E-state index < -0.39 is 6.09 Å². The second-order valence-corrected chi connectivity index (χ2v) is 2.43. The summed E-state index contributed by atoms with van der Waals surface area (Å²) in [6.45, 7) is 0. The third kappa shape index (κ3) is 1.72. The maximum absolute atomic E-state index is 10.6. The minimum absolute atomic E-state index is 0.134.